The SMILES string of the molecule is Cn1ccsc1=NC(=O)Cc1coc(-c2ccccc2)n1. The summed E-state index contributed by atoms with van der Waals surface area (Å²) in [6.45, 7) is 0. The van der Waals surface area contributed by atoms with Crippen LogP contribution in [-0.2, 0) is 18.3 Å². The van der Waals surface area contributed by atoms with Crippen molar-refractivity contribution >= 4 is 17.2 Å². The van der Waals surface area contributed by atoms with Crippen LogP contribution in [0, 0.1) is 0 Å². The smallest absolute Gasteiger partial charge is 0.254 e. The molecule has 0 aliphatic rings. The highest BCUT2D eigenvalue weighted by atomic mass is 32.1. The summed E-state index contributed by atoms with van der Waals surface area (Å²) in [5, 5.41) is 1.88. The molecular formula is C15H13N3O2S. The van der Waals surface area contributed by atoms with Crippen LogP contribution >= 0.6 is 11.3 Å². The van der Waals surface area contributed by atoms with Gasteiger partial charge in [-0.2, -0.15) is 4.99 Å². The Morgan fingerprint density at radius 3 is 2.90 bits per heavy atom. The standard InChI is InChI=1S/C15H13N3O2S/c1-18-7-8-21-15(18)17-13(19)9-12-10-20-14(16-12)11-5-3-2-4-6-11/h2-8,10H,9H2,1H3. The van der Waals surface area contributed by atoms with Crippen molar-refractivity contribution in [3.05, 3.63) is 58.7 Å². The Morgan fingerprint density at radius 2 is 2.19 bits per heavy atom. The molecule has 0 radical (unpaired) electrons. The van der Waals surface area contributed by atoms with E-state index in [1.165, 1.54) is 17.6 Å². The minimum absolute atomic E-state index is 0.133. The van der Waals surface area contributed by atoms with Gasteiger partial charge < -0.3 is 8.98 Å². The van der Waals surface area contributed by atoms with Crippen LogP contribution in [0.15, 0.2) is 57.6 Å². The molecule has 0 bridgehead atoms. The Balaban J connectivity index is 1.76. The molecule has 0 spiro atoms. The van der Waals surface area contributed by atoms with Crippen LogP contribution in [-0.4, -0.2) is 15.5 Å². The van der Waals surface area contributed by atoms with Crippen LogP contribution < -0.4 is 4.80 Å². The number of nitrogens with zero attached hydrogens (tertiary/aromatic N) is 3. The van der Waals surface area contributed by atoms with Gasteiger partial charge in [-0.25, -0.2) is 4.98 Å². The molecule has 0 unspecified atom stereocenters. The van der Waals surface area contributed by atoms with Crippen molar-refractivity contribution in [1.82, 2.24) is 9.55 Å². The van der Waals surface area contributed by atoms with E-state index in [0.29, 0.717) is 16.4 Å². The number of oxazole rings is 1. The molecule has 21 heavy (non-hydrogen) atoms. The minimum atomic E-state index is -0.235. The summed E-state index contributed by atoms with van der Waals surface area (Å²) in [4.78, 5) is 21.0. The van der Waals surface area contributed by atoms with Crippen molar-refractivity contribution in [3.63, 3.8) is 0 Å². The second-order valence-electron chi connectivity index (χ2n) is 4.49. The highest BCUT2D eigenvalue weighted by Crippen LogP contribution is 2.18. The molecule has 3 aromatic rings. The predicted molar refractivity (Wildman–Crippen MR) is 79.5 cm³/mol. The van der Waals surface area contributed by atoms with Gasteiger partial charge in [-0.1, -0.05) is 18.2 Å². The number of thiazole rings is 1. The molecule has 106 valence electrons. The van der Waals surface area contributed by atoms with Gasteiger partial charge in [0.05, 0.1) is 12.1 Å². The van der Waals surface area contributed by atoms with Crippen LogP contribution in [0.3, 0.4) is 0 Å². The Hall–Kier alpha value is -2.47. The summed E-state index contributed by atoms with van der Waals surface area (Å²) in [5.74, 6) is 0.279. The lowest BCUT2D eigenvalue weighted by atomic mass is 10.2. The fraction of sp³-hybridized carbons (Fsp3) is 0.133. The number of benzene rings is 1. The molecule has 0 saturated carbocycles. The molecule has 0 atom stereocenters. The lowest BCUT2D eigenvalue weighted by Gasteiger charge is -1.92. The first-order valence-corrected chi connectivity index (χ1v) is 7.28. The van der Waals surface area contributed by atoms with Gasteiger partial charge in [0.2, 0.25) is 5.89 Å². The van der Waals surface area contributed by atoms with Gasteiger partial charge in [-0.15, -0.1) is 11.3 Å². The zero-order valence-corrected chi connectivity index (χ0v) is 12.2. The average Bonchev–Trinajstić information content (AvgIpc) is 3.10. The van der Waals surface area contributed by atoms with E-state index < -0.39 is 0 Å². The Bertz CT molecular complexity index is 815. The van der Waals surface area contributed by atoms with E-state index in [1.807, 2.05) is 49.0 Å². The molecule has 0 saturated heterocycles. The minimum Gasteiger partial charge on any atom is -0.444 e. The van der Waals surface area contributed by atoms with Crippen LogP contribution in [0.1, 0.15) is 5.69 Å². The fourth-order valence-electron chi connectivity index (χ4n) is 1.84. The molecule has 1 amide bonds. The summed E-state index contributed by atoms with van der Waals surface area (Å²) in [7, 11) is 1.85. The molecule has 3 rings (SSSR count). The largest absolute Gasteiger partial charge is 0.444 e. The number of amides is 1. The lowest BCUT2D eigenvalue weighted by molar-refractivity contribution is -0.117. The molecule has 0 aliphatic heterocycles. The van der Waals surface area contributed by atoms with Gasteiger partial charge in [0.1, 0.15) is 6.26 Å². The molecule has 0 aliphatic carbocycles. The molecule has 5 nitrogen and oxygen atoms in total. The van der Waals surface area contributed by atoms with Gasteiger partial charge >= 0.3 is 0 Å². The van der Waals surface area contributed by atoms with E-state index in [1.54, 1.807) is 4.57 Å². The van der Waals surface area contributed by atoms with Crippen molar-refractivity contribution in [2.75, 3.05) is 0 Å². The topological polar surface area (TPSA) is 60.4 Å². The summed E-state index contributed by atoms with van der Waals surface area (Å²) >= 11 is 1.42. The zero-order chi connectivity index (χ0) is 14.7. The molecule has 0 N–H and O–H groups in total. The molecule has 0 fully saturated rings. The maximum atomic E-state index is 11.9. The highest BCUT2D eigenvalue weighted by molar-refractivity contribution is 7.07. The average molecular weight is 299 g/mol. The van der Waals surface area contributed by atoms with Crippen LogP contribution in [0.2, 0.25) is 0 Å². The quantitative estimate of drug-likeness (QED) is 0.746. The van der Waals surface area contributed by atoms with Gasteiger partial charge in [0, 0.05) is 24.2 Å². The summed E-state index contributed by atoms with van der Waals surface area (Å²) in [6.07, 6.45) is 3.50. The first-order chi connectivity index (χ1) is 10.2. The third kappa shape index (κ3) is 3.17. The first-order valence-electron chi connectivity index (χ1n) is 6.40. The number of aryl methyl sites for hydroxylation is 1. The van der Waals surface area contributed by atoms with Crippen molar-refractivity contribution in [3.8, 4) is 11.5 Å². The van der Waals surface area contributed by atoms with Gasteiger partial charge in [-0.05, 0) is 12.1 Å². The van der Waals surface area contributed by atoms with E-state index in [9.17, 15) is 4.79 Å². The van der Waals surface area contributed by atoms with Crippen LogP contribution in [0.4, 0.5) is 0 Å². The number of rotatable bonds is 3. The van der Waals surface area contributed by atoms with Crippen molar-refractivity contribution in [2.45, 2.75) is 6.42 Å². The van der Waals surface area contributed by atoms with E-state index in [0.717, 1.165) is 5.56 Å². The normalized spacial score (nSPS) is 11.8. The lowest BCUT2D eigenvalue weighted by Crippen LogP contribution is -2.13. The maximum absolute atomic E-state index is 11.9. The number of carbonyl (C=O) groups excluding carboxylic acids is 1. The third-order valence-corrected chi connectivity index (χ3v) is 3.73. The number of carbonyl (C=O) groups is 1. The number of hydrogen-bond acceptors (Lipinski definition) is 4. The molecule has 6 heteroatoms. The fourth-order valence-corrected chi connectivity index (χ4v) is 2.58. The summed E-state index contributed by atoms with van der Waals surface area (Å²) < 4.78 is 7.21. The van der Waals surface area contributed by atoms with Gasteiger partial charge in [0.25, 0.3) is 5.91 Å². The van der Waals surface area contributed by atoms with E-state index >= 15 is 0 Å². The second kappa shape index (κ2) is 5.88. The van der Waals surface area contributed by atoms with Crippen LogP contribution in [0.25, 0.3) is 11.5 Å². The second-order valence-corrected chi connectivity index (χ2v) is 5.36. The van der Waals surface area contributed by atoms with Crippen molar-refractivity contribution in [1.29, 1.82) is 0 Å². The van der Waals surface area contributed by atoms with Gasteiger partial charge in [-0.3, -0.25) is 4.79 Å². The van der Waals surface area contributed by atoms with Crippen molar-refractivity contribution < 1.29 is 9.21 Å². The molecule has 1 aromatic carbocycles. The Kier molecular flexibility index (Phi) is 3.79. The summed E-state index contributed by atoms with van der Waals surface area (Å²) in [6, 6.07) is 9.57. The molecule has 2 aromatic heterocycles. The monoisotopic (exact) mass is 299 g/mol. The van der Waals surface area contributed by atoms with Crippen molar-refractivity contribution in [2.24, 2.45) is 12.0 Å². The first kappa shape index (κ1) is 13.5. The number of hydrogen-bond donors (Lipinski definition) is 0. The van der Waals surface area contributed by atoms with Crippen LogP contribution in [0.5, 0.6) is 0 Å². The number of aromatic nitrogens is 2. The highest BCUT2D eigenvalue weighted by Gasteiger charge is 2.09. The predicted octanol–water partition coefficient (Wildman–Crippen LogP) is 2.41. The maximum Gasteiger partial charge on any atom is 0.254 e. The summed E-state index contributed by atoms with van der Waals surface area (Å²) in [5.41, 5.74) is 1.47. The Morgan fingerprint density at radius 1 is 1.38 bits per heavy atom. The zero-order valence-electron chi connectivity index (χ0n) is 11.4. The van der Waals surface area contributed by atoms with E-state index in [-0.39, 0.29) is 12.3 Å². The molecular weight excluding hydrogens is 286 g/mol. The van der Waals surface area contributed by atoms with E-state index in [4.69, 9.17) is 4.42 Å². The van der Waals surface area contributed by atoms with E-state index in [2.05, 4.69) is 9.98 Å². The van der Waals surface area contributed by atoms with Gasteiger partial charge in [0.15, 0.2) is 4.80 Å². The third-order valence-electron chi connectivity index (χ3n) is 2.88. The molecule has 2 heterocycles. The Labute approximate surface area is 125 Å².